The van der Waals surface area contributed by atoms with E-state index in [1.807, 2.05) is 17.0 Å². The monoisotopic (exact) mass is 499 g/mol. The minimum Gasteiger partial charge on any atom is -0.496 e. The first-order chi connectivity index (χ1) is 17.6. The zero-order valence-corrected chi connectivity index (χ0v) is 21.7. The lowest BCUT2D eigenvalue weighted by Gasteiger charge is -2.39. The first-order valence-corrected chi connectivity index (χ1v) is 12.3. The van der Waals surface area contributed by atoms with Gasteiger partial charge in [-0.25, -0.2) is 0 Å². The van der Waals surface area contributed by atoms with Crippen LogP contribution in [0.15, 0.2) is 36.4 Å². The van der Waals surface area contributed by atoms with Gasteiger partial charge in [0, 0.05) is 63.5 Å². The van der Waals surface area contributed by atoms with Gasteiger partial charge >= 0.3 is 0 Å². The molecule has 0 bridgehead atoms. The highest BCUT2D eigenvalue weighted by Crippen LogP contribution is 2.38. The number of ether oxygens (including phenoxy) is 5. The zero-order valence-electron chi connectivity index (χ0n) is 21.7. The van der Waals surface area contributed by atoms with Gasteiger partial charge < -0.3 is 28.6 Å². The molecule has 9 heteroatoms. The van der Waals surface area contributed by atoms with Crippen LogP contribution in [0.25, 0.3) is 0 Å². The molecule has 4 rings (SSSR count). The summed E-state index contributed by atoms with van der Waals surface area (Å²) in [7, 11) is 6.37. The van der Waals surface area contributed by atoms with Crippen LogP contribution in [0.5, 0.6) is 23.0 Å². The second-order valence-corrected chi connectivity index (χ2v) is 9.05. The van der Waals surface area contributed by atoms with Crippen molar-refractivity contribution in [2.75, 3.05) is 80.9 Å². The Morgan fingerprint density at radius 1 is 0.861 bits per heavy atom. The van der Waals surface area contributed by atoms with E-state index in [0.29, 0.717) is 35.9 Å². The van der Waals surface area contributed by atoms with Crippen molar-refractivity contribution in [1.82, 2.24) is 14.7 Å². The fourth-order valence-electron chi connectivity index (χ4n) is 4.92. The number of carbonyl (C=O) groups is 1. The van der Waals surface area contributed by atoms with Crippen LogP contribution >= 0.6 is 0 Å². The molecule has 2 aromatic carbocycles. The maximum absolute atomic E-state index is 13.2. The lowest BCUT2D eigenvalue weighted by molar-refractivity contribution is -0.0498. The van der Waals surface area contributed by atoms with Gasteiger partial charge in [0.05, 0.1) is 41.2 Å². The standard InChI is InChI=1S/C27H37N3O6/c1-32-23-8-6-5-7-20(23)17-29-13-14-36-22(19-29)18-28-9-11-30(12-10-28)27(31)21-15-24(33-2)26(35-4)25(16-21)34-3/h5-8,15-16,22H,9-14,17-19H2,1-4H3/t22-/m1/s1. The number of rotatable bonds is 9. The summed E-state index contributed by atoms with van der Waals surface area (Å²) in [6.07, 6.45) is 0.144. The van der Waals surface area contributed by atoms with E-state index in [1.54, 1.807) is 40.6 Å². The fourth-order valence-corrected chi connectivity index (χ4v) is 4.92. The molecule has 0 unspecified atom stereocenters. The number of carbonyl (C=O) groups excluding carboxylic acids is 1. The van der Waals surface area contributed by atoms with Crippen molar-refractivity contribution in [3.05, 3.63) is 47.5 Å². The summed E-state index contributed by atoms with van der Waals surface area (Å²) in [6, 6.07) is 11.6. The number of hydrogen-bond acceptors (Lipinski definition) is 8. The van der Waals surface area contributed by atoms with Gasteiger partial charge in [-0.1, -0.05) is 18.2 Å². The average Bonchev–Trinajstić information content (AvgIpc) is 2.92. The predicted molar refractivity (Wildman–Crippen MR) is 136 cm³/mol. The third-order valence-corrected chi connectivity index (χ3v) is 6.84. The molecule has 1 atom stereocenters. The minimum atomic E-state index is -0.0363. The third kappa shape index (κ3) is 6.03. The van der Waals surface area contributed by atoms with E-state index in [1.165, 1.54) is 5.56 Å². The molecule has 2 aliphatic heterocycles. The van der Waals surface area contributed by atoms with Crippen molar-refractivity contribution in [3.63, 3.8) is 0 Å². The van der Waals surface area contributed by atoms with Gasteiger partial charge in [-0.15, -0.1) is 0 Å². The highest BCUT2D eigenvalue weighted by molar-refractivity contribution is 5.95. The number of morpholine rings is 1. The summed E-state index contributed by atoms with van der Waals surface area (Å²) in [5.74, 6) is 2.32. The van der Waals surface area contributed by atoms with Crippen molar-refractivity contribution >= 4 is 5.91 Å². The summed E-state index contributed by atoms with van der Waals surface area (Å²) < 4.78 is 27.8. The van der Waals surface area contributed by atoms with Crippen LogP contribution in [0.4, 0.5) is 0 Å². The molecule has 0 N–H and O–H groups in total. The van der Waals surface area contributed by atoms with Gasteiger partial charge in [0.2, 0.25) is 5.75 Å². The average molecular weight is 500 g/mol. The smallest absolute Gasteiger partial charge is 0.254 e. The number of nitrogens with zero attached hydrogens (tertiary/aromatic N) is 3. The minimum absolute atomic E-state index is 0.0363. The molecule has 2 aromatic rings. The summed E-state index contributed by atoms with van der Waals surface area (Å²) in [4.78, 5) is 19.9. The van der Waals surface area contributed by atoms with Crippen LogP contribution < -0.4 is 18.9 Å². The molecule has 36 heavy (non-hydrogen) atoms. The van der Waals surface area contributed by atoms with Crippen molar-refractivity contribution in [2.24, 2.45) is 0 Å². The van der Waals surface area contributed by atoms with Gasteiger partial charge in [-0.2, -0.15) is 0 Å². The van der Waals surface area contributed by atoms with E-state index < -0.39 is 0 Å². The van der Waals surface area contributed by atoms with Crippen LogP contribution in [-0.2, 0) is 11.3 Å². The van der Waals surface area contributed by atoms with E-state index in [2.05, 4.69) is 21.9 Å². The largest absolute Gasteiger partial charge is 0.496 e. The highest BCUT2D eigenvalue weighted by atomic mass is 16.5. The van der Waals surface area contributed by atoms with E-state index >= 15 is 0 Å². The molecule has 0 spiro atoms. The van der Waals surface area contributed by atoms with Gasteiger partial charge in [0.15, 0.2) is 11.5 Å². The Kier molecular flexibility index (Phi) is 8.90. The molecule has 2 aliphatic rings. The fraction of sp³-hybridized carbons (Fsp3) is 0.519. The van der Waals surface area contributed by atoms with Crippen molar-refractivity contribution in [2.45, 2.75) is 12.6 Å². The molecule has 2 heterocycles. The second kappa shape index (κ2) is 12.3. The molecule has 2 saturated heterocycles. The summed E-state index contributed by atoms with van der Waals surface area (Å²) in [6.45, 7) is 7.15. The molecule has 0 aliphatic carbocycles. The Morgan fingerprint density at radius 2 is 1.53 bits per heavy atom. The Bertz CT molecular complexity index is 999. The van der Waals surface area contributed by atoms with Gasteiger partial charge in [0.1, 0.15) is 5.75 Å². The lowest BCUT2D eigenvalue weighted by Crippen LogP contribution is -2.53. The summed E-state index contributed by atoms with van der Waals surface area (Å²) in [5, 5.41) is 0. The van der Waals surface area contributed by atoms with Crippen LogP contribution in [0.3, 0.4) is 0 Å². The van der Waals surface area contributed by atoms with E-state index in [4.69, 9.17) is 23.7 Å². The number of amides is 1. The zero-order chi connectivity index (χ0) is 25.5. The molecule has 0 aromatic heterocycles. The van der Waals surface area contributed by atoms with Crippen LogP contribution in [0, 0.1) is 0 Å². The van der Waals surface area contributed by atoms with Crippen LogP contribution in [0.1, 0.15) is 15.9 Å². The van der Waals surface area contributed by atoms with E-state index in [0.717, 1.165) is 51.6 Å². The molecule has 2 fully saturated rings. The van der Waals surface area contributed by atoms with Crippen molar-refractivity contribution in [1.29, 1.82) is 0 Å². The lowest BCUT2D eigenvalue weighted by atomic mass is 10.1. The topological polar surface area (TPSA) is 72.9 Å². The van der Waals surface area contributed by atoms with E-state index in [-0.39, 0.29) is 12.0 Å². The first-order valence-electron chi connectivity index (χ1n) is 12.3. The van der Waals surface area contributed by atoms with Gasteiger partial charge in [-0.3, -0.25) is 14.6 Å². The quantitative estimate of drug-likeness (QED) is 0.521. The second-order valence-electron chi connectivity index (χ2n) is 9.05. The van der Waals surface area contributed by atoms with Gasteiger partial charge in [0.25, 0.3) is 5.91 Å². The number of benzene rings is 2. The predicted octanol–water partition coefficient (Wildman–Crippen LogP) is 2.38. The molecule has 0 radical (unpaired) electrons. The number of methoxy groups -OCH3 is 4. The number of piperazine rings is 1. The Balaban J connectivity index is 1.30. The molecule has 9 nitrogen and oxygen atoms in total. The number of para-hydroxylation sites is 1. The van der Waals surface area contributed by atoms with Crippen molar-refractivity contribution < 1.29 is 28.5 Å². The highest BCUT2D eigenvalue weighted by Gasteiger charge is 2.28. The van der Waals surface area contributed by atoms with Gasteiger partial charge in [-0.05, 0) is 18.2 Å². The Labute approximate surface area is 213 Å². The third-order valence-electron chi connectivity index (χ3n) is 6.84. The Morgan fingerprint density at radius 3 is 2.17 bits per heavy atom. The SMILES string of the molecule is COc1ccccc1CN1CCO[C@H](CN2CCN(C(=O)c3cc(OC)c(OC)c(OC)c3)CC2)C1. The van der Waals surface area contributed by atoms with E-state index in [9.17, 15) is 4.79 Å². The Hall–Kier alpha value is -3.01. The maximum atomic E-state index is 13.2. The normalized spacial score (nSPS) is 19.1. The van der Waals surface area contributed by atoms with Crippen LogP contribution in [-0.4, -0.2) is 108 Å². The van der Waals surface area contributed by atoms with Crippen molar-refractivity contribution in [3.8, 4) is 23.0 Å². The molecule has 0 saturated carbocycles. The molecular weight excluding hydrogens is 462 g/mol. The van der Waals surface area contributed by atoms with Crippen LogP contribution in [0.2, 0.25) is 0 Å². The molecule has 196 valence electrons. The summed E-state index contributed by atoms with van der Waals surface area (Å²) >= 11 is 0. The summed E-state index contributed by atoms with van der Waals surface area (Å²) in [5.41, 5.74) is 1.72. The molecule has 1 amide bonds. The molecular formula is C27H37N3O6. The number of hydrogen-bond donors (Lipinski definition) is 0. The maximum Gasteiger partial charge on any atom is 0.254 e. The first kappa shape index (κ1) is 26.1.